The fourth-order valence-electron chi connectivity index (χ4n) is 3.40. The average Bonchev–Trinajstić information content (AvgIpc) is 3.20. The summed E-state index contributed by atoms with van der Waals surface area (Å²) in [4.78, 5) is 13.0. The van der Waals surface area contributed by atoms with Gasteiger partial charge in [-0.1, -0.05) is 35.9 Å². The van der Waals surface area contributed by atoms with Crippen LogP contribution in [0.1, 0.15) is 34.3 Å². The van der Waals surface area contributed by atoms with Gasteiger partial charge in [-0.25, -0.2) is 0 Å². The van der Waals surface area contributed by atoms with Gasteiger partial charge in [-0.3, -0.25) is 4.79 Å². The predicted molar refractivity (Wildman–Crippen MR) is 107 cm³/mol. The molecule has 1 heterocycles. The quantitative estimate of drug-likeness (QED) is 0.613. The molecule has 1 saturated carbocycles. The fourth-order valence-corrected chi connectivity index (χ4v) is 4.35. The Bertz CT molecular complexity index is 917. The van der Waals surface area contributed by atoms with E-state index in [0.29, 0.717) is 5.56 Å². The highest BCUT2D eigenvalue weighted by atomic mass is 35.5. The summed E-state index contributed by atoms with van der Waals surface area (Å²) in [7, 11) is 0. The monoisotopic (exact) mass is 389 g/mol. The minimum atomic E-state index is -0.377. The van der Waals surface area contributed by atoms with Gasteiger partial charge in [-0.15, -0.1) is 23.7 Å². The first-order chi connectivity index (χ1) is 11.6. The van der Waals surface area contributed by atoms with Crippen LogP contribution in [0.5, 0.6) is 0 Å². The van der Waals surface area contributed by atoms with E-state index in [1.807, 2.05) is 42.5 Å². The number of thiophene rings is 1. The number of hydrogen-bond donors (Lipinski definition) is 1. The lowest BCUT2D eigenvalue weighted by atomic mass is 9.84. The summed E-state index contributed by atoms with van der Waals surface area (Å²) in [6.07, 6.45) is 2.00. The van der Waals surface area contributed by atoms with Gasteiger partial charge in [0.2, 0.25) is 5.91 Å². The van der Waals surface area contributed by atoms with E-state index in [4.69, 9.17) is 17.3 Å². The molecule has 0 aliphatic heterocycles. The molecule has 2 nitrogen and oxygen atoms in total. The van der Waals surface area contributed by atoms with Crippen molar-refractivity contribution in [1.29, 1.82) is 0 Å². The van der Waals surface area contributed by atoms with E-state index in [1.54, 1.807) is 11.3 Å². The maximum absolute atomic E-state index is 11.8. The SMILES string of the molecule is Cl.NC(=O)c1ccccc1C1(c2cc(Cl)cc(-c3cccs3)c2)CC1. The van der Waals surface area contributed by atoms with Crippen LogP contribution in [0.3, 0.4) is 0 Å². The molecular weight excluding hydrogens is 373 g/mol. The maximum Gasteiger partial charge on any atom is 0.249 e. The first-order valence-corrected chi connectivity index (χ1v) is 9.10. The molecule has 4 rings (SSSR count). The minimum Gasteiger partial charge on any atom is -0.366 e. The average molecular weight is 390 g/mol. The number of rotatable bonds is 4. The van der Waals surface area contributed by atoms with Crippen molar-refractivity contribution < 1.29 is 4.79 Å². The largest absolute Gasteiger partial charge is 0.366 e. The van der Waals surface area contributed by atoms with Gasteiger partial charge < -0.3 is 5.73 Å². The third-order valence-electron chi connectivity index (χ3n) is 4.71. The molecule has 2 aromatic carbocycles. The second-order valence-corrected chi connectivity index (χ2v) is 7.58. The molecule has 1 aliphatic rings. The number of amides is 1. The molecule has 25 heavy (non-hydrogen) atoms. The molecule has 1 amide bonds. The van der Waals surface area contributed by atoms with Crippen molar-refractivity contribution in [2.24, 2.45) is 5.73 Å². The smallest absolute Gasteiger partial charge is 0.249 e. The summed E-state index contributed by atoms with van der Waals surface area (Å²) >= 11 is 8.10. The molecule has 0 unspecified atom stereocenters. The molecule has 0 spiro atoms. The molecule has 1 fully saturated rings. The van der Waals surface area contributed by atoms with Crippen molar-refractivity contribution in [2.45, 2.75) is 18.3 Å². The number of carbonyl (C=O) groups excluding carboxylic acids is 1. The molecule has 128 valence electrons. The van der Waals surface area contributed by atoms with E-state index in [-0.39, 0.29) is 23.7 Å². The highest BCUT2D eigenvalue weighted by molar-refractivity contribution is 7.13. The lowest BCUT2D eigenvalue weighted by Crippen LogP contribution is -2.19. The Morgan fingerprint density at radius 2 is 1.84 bits per heavy atom. The first-order valence-electron chi connectivity index (χ1n) is 7.84. The standard InChI is InChI=1S/C20H16ClNOS.ClH/c21-15-11-13(18-6-3-9-24-18)10-14(12-15)20(7-8-20)17-5-2-1-4-16(17)19(22)23;/h1-6,9-12H,7-8H2,(H2,22,23);1H. The Morgan fingerprint density at radius 1 is 1.08 bits per heavy atom. The third-order valence-corrected chi connectivity index (χ3v) is 5.85. The van der Waals surface area contributed by atoms with E-state index < -0.39 is 0 Å². The van der Waals surface area contributed by atoms with Crippen LogP contribution < -0.4 is 5.73 Å². The summed E-state index contributed by atoms with van der Waals surface area (Å²) < 4.78 is 0. The molecule has 1 aliphatic carbocycles. The normalized spacial score (nSPS) is 14.6. The van der Waals surface area contributed by atoms with Crippen LogP contribution in [0.25, 0.3) is 10.4 Å². The number of benzene rings is 2. The predicted octanol–water partition coefficient (Wildman–Crippen LogP) is 5.67. The Balaban J connectivity index is 0.00000182. The summed E-state index contributed by atoms with van der Waals surface area (Å²) in [6.45, 7) is 0. The highest BCUT2D eigenvalue weighted by Gasteiger charge is 2.47. The van der Waals surface area contributed by atoms with Crippen LogP contribution >= 0.6 is 35.3 Å². The van der Waals surface area contributed by atoms with Gasteiger partial charge in [0, 0.05) is 20.9 Å². The van der Waals surface area contributed by atoms with Gasteiger partial charge >= 0.3 is 0 Å². The number of nitrogens with two attached hydrogens (primary N) is 1. The van der Waals surface area contributed by atoms with Crippen LogP contribution in [-0.2, 0) is 5.41 Å². The summed E-state index contributed by atoms with van der Waals surface area (Å²) in [5.41, 5.74) is 9.34. The third kappa shape index (κ3) is 3.20. The van der Waals surface area contributed by atoms with Gasteiger partial charge in [-0.2, -0.15) is 0 Å². The van der Waals surface area contributed by atoms with Crippen LogP contribution in [-0.4, -0.2) is 5.91 Å². The van der Waals surface area contributed by atoms with E-state index in [9.17, 15) is 4.79 Å². The zero-order valence-corrected chi connectivity index (χ0v) is 15.8. The zero-order valence-electron chi connectivity index (χ0n) is 13.4. The first kappa shape index (κ1) is 18.0. The Morgan fingerprint density at radius 3 is 2.48 bits per heavy atom. The molecule has 0 saturated heterocycles. The zero-order chi connectivity index (χ0) is 16.7. The maximum atomic E-state index is 11.8. The Kier molecular flexibility index (Phi) is 4.92. The van der Waals surface area contributed by atoms with Crippen LogP contribution in [0.4, 0.5) is 0 Å². The van der Waals surface area contributed by atoms with E-state index in [1.165, 1.54) is 4.88 Å². The number of carbonyl (C=O) groups is 1. The van der Waals surface area contributed by atoms with Crippen molar-refractivity contribution in [3.63, 3.8) is 0 Å². The minimum absolute atomic E-state index is 0. The molecule has 0 radical (unpaired) electrons. The molecular formula is C20H17Cl2NOS. The number of halogens is 2. The second-order valence-electron chi connectivity index (χ2n) is 6.20. The molecule has 3 aromatic rings. The van der Waals surface area contributed by atoms with Gasteiger partial charge in [0.1, 0.15) is 0 Å². The van der Waals surface area contributed by atoms with Crippen molar-refractivity contribution in [3.05, 3.63) is 81.7 Å². The molecule has 5 heteroatoms. The van der Waals surface area contributed by atoms with Crippen LogP contribution in [0, 0.1) is 0 Å². The van der Waals surface area contributed by atoms with Crippen molar-refractivity contribution in [2.75, 3.05) is 0 Å². The Labute approximate surface area is 162 Å². The Hall–Kier alpha value is -1.81. The van der Waals surface area contributed by atoms with Gasteiger partial charge in [0.05, 0.1) is 0 Å². The number of primary amides is 1. The molecule has 0 atom stereocenters. The van der Waals surface area contributed by atoms with Crippen LogP contribution in [0.15, 0.2) is 60.0 Å². The van der Waals surface area contributed by atoms with Gasteiger partial charge in [0.25, 0.3) is 0 Å². The van der Waals surface area contributed by atoms with Crippen molar-refractivity contribution in [1.82, 2.24) is 0 Å². The van der Waals surface area contributed by atoms with E-state index >= 15 is 0 Å². The number of hydrogen-bond acceptors (Lipinski definition) is 2. The van der Waals surface area contributed by atoms with Crippen LogP contribution in [0.2, 0.25) is 5.02 Å². The van der Waals surface area contributed by atoms with Gasteiger partial charge in [0.15, 0.2) is 0 Å². The summed E-state index contributed by atoms with van der Waals surface area (Å²) in [5.74, 6) is -0.377. The summed E-state index contributed by atoms with van der Waals surface area (Å²) in [6, 6.07) is 18.0. The lowest BCUT2D eigenvalue weighted by Gasteiger charge is -2.20. The highest BCUT2D eigenvalue weighted by Crippen LogP contribution is 2.55. The van der Waals surface area contributed by atoms with E-state index in [2.05, 4.69) is 17.5 Å². The molecule has 1 aromatic heterocycles. The second kappa shape index (κ2) is 6.83. The topological polar surface area (TPSA) is 43.1 Å². The molecule has 2 N–H and O–H groups in total. The van der Waals surface area contributed by atoms with Gasteiger partial charge in [-0.05, 0) is 65.2 Å². The lowest BCUT2D eigenvalue weighted by molar-refractivity contribution is 0.0999. The van der Waals surface area contributed by atoms with Crippen molar-refractivity contribution >= 4 is 41.3 Å². The fraction of sp³-hybridized carbons (Fsp3) is 0.150. The molecule has 0 bridgehead atoms. The van der Waals surface area contributed by atoms with E-state index in [0.717, 1.165) is 34.6 Å². The van der Waals surface area contributed by atoms with Crippen molar-refractivity contribution in [3.8, 4) is 10.4 Å². The summed E-state index contributed by atoms with van der Waals surface area (Å²) in [5, 5.41) is 2.78.